The molecule has 1 aliphatic rings. The molecule has 2 aromatic rings. The quantitative estimate of drug-likeness (QED) is 0.832. The van der Waals surface area contributed by atoms with Gasteiger partial charge in [0, 0.05) is 24.6 Å². The van der Waals surface area contributed by atoms with Crippen molar-refractivity contribution in [2.45, 2.75) is 59.5 Å². The Kier molecular flexibility index (Phi) is 4.34. The number of nitrogens with zero attached hydrogens (tertiary/aromatic N) is 2. The molecule has 3 heteroatoms. The van der Waals surface area contributed by atoms with Gasteiger partial charge in [-0.2, -0.15) is 0 Å². The lowest BCUT2D eigenvalue weighted by molar-refractivity contribution is 0.244. The summed E-state index contributed by atoms with van der Waals surface area (Å²) in [6.07, 6.45) is 3.38. The van der Waals surface area contributed by atoms with E-state index in [9.17, 15) is 0 Å². The summed E-state index contributed by atoms with van der Waals surface area (Å²) in [5.74, 6) is 1.06. The van der Waals surface area contributed by atoms with E-state index in [1.54, 1.807) is 0 Å². The first-order valence-corrected chi connectivity index (χ1v) is 8.35. The monoisotopic (exact) mass is 298 g/mol. The average molecular weight is 298 g/mol. The van der Waals surface area contributed by atoms with Crippen LogP contribution in [0, 0.1) is 20.8 Å². The Morgan fingerprint density at radius 3 is 2.82 bits per heavy atom. The molecule has 0 amide bonds. The molecule has 0 N–H and O–H groups in total. The number of likely N-dealkylation sites (tertiary alicyclic amines) is 1. The molecular formula is C19H26N2O. The van der Waals surface area contributed by atoms with Gasteiger partial charge in [-0.25, -0.2) is 0 Å². The summed E-state index contributed by atoms with van der Waals surface area (Å²) in [4.78, 5) is 2.59. The van der Waals surface area contributed by atoms with Crippen molar-refractivity contribution in [3.63, 3.8) is 0 Å². The van der Waals surface area contributed by atoms with Crippen LogP contribution < -0.4 is 0 Å². The molecule has 118 valence electrons. The van der Waals surface area contributed by atoms with Gasteiger partial charge in [0.25, 0.3) is 0 Å². The van der Waals surface area contributed by atoms with E-state index in [0.29, 0.717) is 6.04 Å². The minimum atomic E-state index is 0.460. The molecule has 1 aromatic carbocycles. The molecule has 1 aliphatic heterocycles. The number of aryl methyl sites for hydroxylation is 4. The number of benzene rings is 1. The summed E-state index contributed by atoms with van der Waals surface area (Å²) in [6, 6.07) is 7.24. The van der Waals surface area contributed by atoms with Crippen LogP contribution in [0.5, 0.6) is 0 Å². The van der Waals surface area contributed by atoms with Crippen molar-refractivity contribution in [2.75, 3.05) is 6.54 Å². The number of hydrogen-bond donors (Lipinski definition) is 0. The smallest absolute Gasteiger partial charge is 0.141 e. The molecule has 1 aromatic heterocycles. The third-order valence-corrected chi connectivity index (χ3v) is 4.87. The maximum Gasteiger partial charge on any atom is 0.141 e. The average Bonchev–Trinajstić information content (AvgIpc) is 3.07. The number of aromatic nitrogens is 1. The highest BCUT2D eigenvalue weighted by molar-refractivity contribution is 5.32. The molecule has 22 heavy (non-hydrogen) atoms. The van der Waals surface area contributed by atoms with Gasteiger partial charge >= 0.3 is 0 Å². The van der Waals surface area contributed by atoms with Gasteiger partial charge in [-0.3, -0.25) is 4.90 Å². The summed E-state index contributed by atoms with van der Waals surface area (Å²) >= 11 is 0. The van der Waals surface area contributed by atoms with E-state index in [4.69, 9.17) is 4.52 Å². The second-order valence-electron chi connectivity index (χ2n) is 6.52. The Morgan fingerprint density at radius 2 is 2.09 bits per heavy atom. The third kappa shape index (κ3) is 2.82. The zero-order chi connectivity index (χ0) is 15.7. The lowest BCUT2D eigenvalue weighted by Gasteiger charge is -2.25. The first kappa shape index (κ1) is 15.3. The van der Waals surface area contributed by atoms with Crippen molar-refractivity contribution in [3.8, 4) is 0 Å². The number of hydrogen-bond acceptors (Lipinski definition) is 3. The molecule has 1 fully saturated rings. The minimum absolute atomic E-state index is 0.460. The van der Waals surface area contributed by atoms with Gasteiger partial charge in [0.05, 0.1) is 5.69 Å². The van der Waals surface area contributed by atoms with Crippen LogP contribution in [0.25, 0.3) is 0 Å². The fourth-order valence-electron chi connectivity index (χ4n) is 3.69. The summed E-state index contributed by atoms with van der Waals surface area (Å²) in [7, 11) is 0. The van der Waals surface area contributed by atoms with Crippen LogP contribution in [0.15, 0.2) is 22.7 Å². The molecule has 0 aliphatic carbocycles. The summed E-state index contributed by atoms with van der Waals surface area (Å²) in [5.41, 5.74) is 6.56. The zero-order valence-corrected chi connectivity index (χ0v) is 14.1. The molecular weight excluding hydrogens is 272 g/mol. The van der Waals surface area contributed by atoms with Crippen LogP contribution >= 0.6 is 0 Å². The van der Waals surface area contributed by atoms with Crippen LogP contribution in [-0.4, -0.2) is 16.6 Å². The lowest BCUT2D eigenvalue weighted by atomic mass is 10.00. The first-order valence-electron chi connectivity index (χ1n) is 8.35. The summed E-state index contributed by atoms with van der Waals surface area (Å²) in [6.45, 7) is 10.8. The van der Waals surface area contributed by atoms with Gasteiger partial charge in [0.2, 0.25) is 0 Å². The maximum atomic E-state index is 5.52. The maximum absolute atomic E-state index is 5.52. The Balaban J connectivity index is 1.85. The van der Waals surface area contributed by atoms with Crippen molar-refractivity contribution in [3.05, 3.63) is 51.9 Å². The Labute approximate surface area is 133 Å². The molecule has 0 radical (unpaired) electrons. The molecule has 0 saturated carbocycles. The van der Waals surface area contributed by atoms with E-state index in [0.717, 1.165) is 31.0 Å². The van der Waals surface area contributed by atoms with Crippen molar-refractivity contribution in [2.24, 2.45) is 0 Å². The molecule has 1 saturated heterocycles. The molecule has 1 atom stereocenters. The lowest BCUT2D eigenvalue weighted by Crippen LogP contribution is -2.24. The molecule has 0 bridgehead atoms. The summed E-state index contributed by atoms with van der Waals surface area (Å²) < 4.78 is 5.52. The topological polar surface area (TPSA) is 29.3 Å². The highest BCUT2D eigenvalue weighted by atomic mass is 16.5. The van der Waals surface area contributed by atoms with E-state index in [-0.39, 0.29) is 0 Å². The Hall–Kier alpha value is -1.61. The highest BCUT2D eigenvalue weighted by Crippen LogP contribution is 2.37. The Bertz CT molecular complexity index is 659. The van der Waals surface area contributed by atoms with Gasteiger partial charge in [-0.05, 0) is 51.3 Å². The molecule has 2 heterocycles. The van der Waals surface area contributed by atoms with Gasteiger partial charge < -0.3 is 4.52 Å². The third-order valence-electron chi connectivity index (χ3n) is 4.87. The van der Waals surface area contributed by atoms with Gasteiger partial charge in [-0.1, -0.05) is 35.8 Å². The Morgan fingerprint density at radius 1 is 1.27 bits per heavy atom. The van der Waals surface area contributed by atoms with Gasteiger partial charge in [-0.15, -0.1) is 0 Å². The van der Waals surface area contributed by atoms with Crippen LogP contribution in [0.4, 0.5) is 0 Å². The first-order chi connectivity index (χ1) is 10.6. The van der Waals surface area contributed by atoms with Crippen molar-refractivity contribution in [1.82, 2.24) is 10.1 Å². The fourth-order valence-corrected chi connectivity index (χ4v) is 3.69. The van der Waals surface area contributed by atoms with Crippen molar-refractivity contribution in [1.29, 1.82) is 0 Å². The normalized spacial score (nSPS) is 19.0. The van der Waals surface area contributed by atoms with E-state index in [2.05, 4.69) is 56.0 Å². The van der Waals surface area contributed by atoms with E-state index >= 15 is 0 Å². The van der Waals surface area contributed by atoms with E-state index < -0.39 is 0 Å². The SMILES string of the molecule is CCc1onc(C)c1[C@H]1CCCN1Cc1ccc(C)cc1C. The zero-order valence-electron chi connectivity index (χ0n) is 14.1. The summed E-state index contributed by atoms with van der Waals surface area (Å²) in [5, 5.41) is 4.20. The second-order valence-corrected chi connectivity index (χ2v) is 6.52. The number of rotatable bonds is 4. The predicted octanol–water partition coefficient (Wildman–Crippen LogP) is 4.50. The predicted molar refractivity (Wildman–Crippen MR) is 88.9 cm³/mol. The molecule has 3 nitrogen and oxygen atoms in total. The second kappa shape index (κ2) is 6.25. The largest absolute Gasteiger partial charge is 0.361 e. The highest BCUT2D eigenvalue weighted by Gasteiger charge is 2.31. The van der Waals surface area contributed by atoms with Crippen LogP contribution in [0.1, 0.15) is 59.5 Å². The van der Waals surface area contributed by atoms with Crippen LogP contribution in [0.2, 0.25) is 0 Å². The van der Waals surface area contributed by atoms with Gasteiger partial charge in [0.1, 0.15) is 5.76 Å². The van der Waals surface area contributed by atoms with Crippen molar-refractivity contribution >= 4 is 0 Å². The van der Waals surface area contributed by atoms with Gasteiger partial charge in [0.15, 0.2) is 0 Å². The fraction of sp³-hybridized carbons (Fsp3) is 0.526. The van der Waals surface area contributed by atoms with E-state index in [1.165, 1.54) is 35.1 Å². The van der Waals surface area contributed by atoms with E-state index in [1.807, 2.05) is 0 Å². The molecule has 0 spiro atoms. The molecule has 0 unspecified atom stereocenters. The standard InChI is InChI=1S/C19H26N2O/c1-5-18-19(15(4)20-22-18)17-7-6-10-21(17)12-16-9-8-13(2)11-14(16)3/h8-9,11,17H,5-7,10,12H2,1-4H3/t17-/m1/s1. The minimum Gasteiger partial charge on any atom is -0.361 e. The van der Waals surface area contributed by atoms with Crippen LogP contribution in [-0.2, 0) is 13.0 Å². The molecule has 3 rings (SSSR count). The van der Waals surface area contributed by atoms with Crippen molar-refractivity contribution < 1.29 is 4.52 Å². The van der Waals surface area contributed by atoms with Crippen LogP contribution in [0.3, 0.4) is 0 Å².